The Labute approximate surface area is 178 Å². The van der Waals surface area contributed by atoms with Crippen LogP contribution < -0.4 is 5.32 Å². The average Bonchev–Trinajstić information content (AvgIpc) is 2.72. The zero-order chi connectivity index (χ0) is 22.1. The number of carbonyl (C=O) groups excluding carboxylic acids is 3. The van der Waals surface area contributed by atoms with Gasteiger partial charge in [-0.1, -0.05) is 48.5 Å². The number of ether oxygens (including phenoxy) is 1. The number of carbonyl (C=O) groups is 3. The van der Waals surface area contributed by atoms with Gasteiger partial charge in [0, 0.05) is 17.6 Å². The van der Waals surface area contributed by atoms with Crippen LogP contribution in [0.4, 0.5) is 0 Å². The number of benzene rings is 2. The van der Waals surface area contributed by atoms with Gasteiger partial charge in [-0.2, -0.15) is 0 Å². The maximum absolute atomic E-state index is 12.6. The average molecular weight is 411 g/mol. The molecular weight excluding hydrogens is 380 g/mol. The summed E-state index contributed by atoms with van der Waals surface area (Å²) in [5.74, 6) is -1.06. The Bertz CT molecular complexity index is 827. The third-order valence-corrected chi connectivity index (χ3v) is 4.67. The summed E-state index contributed by atoms with van der Waals surface area (Å²) in [6.45, 7) is 7.37. The van der Waals surface area contributed by atoms with Crippen molar-refractivity contribution < 1.29 is 19.1 Å². The zero-order valence-electron chi connectivity index (χ0n) is 18.0. The normalized spacial score (nSPS) is 11.8. The van der Waals surface area contributed by atoms with Crippen molar-refractivity contribution in [2.24, 2.45) is 0 Å². The second kappa shape index (κ2) is 11.1. The summed E-state index contributed by atoms with van der Waals surface area (Å²) in [6, 6.07) is 17.5. The predicted molar refractivity (Wildman–Crippen MR) is 116 cm³/mol. The molecule has 0 unspecified atom stereocenters. The highest BCUT2D eigenvalue weighted by molar-refractivity contribution is 5.94. The van der Waals surface area contributed by atoms with Crippen molar-refractivity contribution in [3.63, 3.8) is 0 Å². The topological polar surface area (TPSA) is 75.7 Å². The number of rotatable bonds is 9. The van der Waals surface area contributed by atoms with Crippen LogP contribution in [0.5, 0.6) is 0 Å². The fourth-order valence-corrected chi connectivity index (χ4v) is 3.38. The highest BCUT2D eigenvalue weighted by Crippen LogP contribution is 2.18. The van der Waals surface area contributed by atoms with E-state index in [-0.39, 0.29) is 36.9 Å². The minimum Gasteiger partial charge on any atom is -0.455 e. The van der Waals surface area contributed by atoms with Gasteiger partial charge in [0.1, 0.15) is 0 Å². The van der Waals surface area contributed by atoms with Crippen molar-refractivity contribution in [3.8, 4) is 0 Å². The monoisotopic (exact) mass is 410 g/mol. The number of hydrogen-bond donors (Lipinski definition) is 1. The Morgan fingerprint density at radius 3 is 1.93 bits per heavy atom. The fraction of sp³-hybridized carbons (Fsp3) is 0.375. The van der Waals surface area contributed by atoms with Gasteiger partial charge in [0.15, 0.2) is 6.61 Å². The molecule has 0 aliphatic carbocycles. The first kappa shape index (κ1) is 23.1. The van der Waals surface area contributed by atoms with Crippen molar-refractivity contribution in [1.29, 1.82) is 0 Å². The van der Waals surface area contributed by atoms with Crippen LogP contribution in [0, 0.1) is 0 Å². The lowest BCUT2D eigenvalue weighted by molar-refractivity contribution is -0.154. The summed E-state index contributed by atoms with van der Waals surface area (Å²) in [5.41, 5.74) is 1.29. The Morgan fingerprint density at radius 1 is 0.867 bits per heavy atom. The Hall–Kier alpha value is -3.15. The van der Waals surface area contributed by atoms with E-state index in [2.05, 4.69) is 5.32 Å². The van der Waals surface area contributed by atoms with E-state index < -0.39 is 12.0 Å². The molecular formula is C24H30N2O4. The van der Waals surface area contributed by atoms with Crippen LogP contribution in [-0.2, 0) is 14.3 Å². The van der Waals surface area contributed by atoms with Gasteiger partial charge in [-0.25, -0.2) is 0 Å². The molecule has 0 radical (unpaired) electrons. The standard InChI is InChI=1S/C24H30N2O4/c1-17(2)26(18(3)4)22(27)16-30-23(28)15-21(19-11-7-5-8-12-19)25-24(29)20-13-9-6-10-14-20/h5-14,17-18,21H,15-16H2,1-4H3,(H,25,29)/t21-/m0/s1. The molecule has 6 heteroatoms. The van der Waals surface area contributed by atoms with E-state index in [1.165, 1.54) is 0 Å². The van der Waals surface area contributed by atoms with Gasteiger partial charge in [0.05, 0.1) is 12.5 Å². The van der Waals surface area contributed by atoms with Gasteiger partial charge >= 0.3 is 5.97 Å². The first-order valence-corrected chi connectivity index (χ1v) is 10.2. The zero-order valence-corrected chi connectivity index (χ0v) is 18.0. The quantitative estimate of drug-likeness (QED) is 0.639. The second-order valence-electron chi connectivity index (χ2n) is 7.66. The lowest BCUT2D eigenvalue weighted by Gasteiger charge is -2.30. The number of amides is 2. The minimum atomic E-state index is -0.562. The molecule has 2 aromatic carbocycles. The van der Waals surface area contributed by atoms with E-state index in [9.17, 15) is 14.4 Å². The van der Waals surface area contributed by atoms with Gasteiger partial charge in [0.25, 0.3) is 11.8 Å². The highest BCUT2D eigenvalue weighted by atomic mass is 16.5. The van der Waals surface area contributed by atoms with E-state index in [1.54, 1.807) is 29.2 Å². The van der Waals surface area contributed by atoms with Crippen LogP contribution in [0.2, 0.25) is 0 Å². The van der Waals surface area contributed by atoms with Gasteiger partial charge in [-0.15, -0.1) is 0 Å². The van der Waals surface area contributed by atoms with E-state index in [0.29, 0.717) is 5.56 Å². The summed E-state index contributed by atoms with van der Waals surface area (Å²) in [5, 5.41) is 2.89. The summed E-state index contributed by atoms with van der Waals surface area (Å²) in [7, 11) is 0. The van der Waals surface area contributed by atoms with Crippen LogP contribution in [0.3, 0.4) is 0 Å². The van der Waals surface area contributed by atoms with Gasteiger partial charge < -0.3 is 15.0 Å². The number of nitrogens with one attached hydrogen (secondary N) is 1. The van der Waals surface area contributed by atoms with Gasteiger partial charge in [-0.3, -0.25) is 14.4 Å². The molecule has 0 heterocycles. The van der Waals surface area contributed by atoms with E-state index >= 15 is 0 Å². The molecule has 1 atom stereocenters. The van der Waals surface area contributed by atoms with Gasteiger partial charge in [-0.05, 0) is 45.4 Å². The molecule has 0 aromatic heterocycles. The highest BCUT2D eigenvalue weighted by Gasteiger charge is 2.24. The van der Waals surface area contributed by atoms with Crippen molar-refractivity contribution in [2.45, 2.75) is 52.2 Å². The van der Waals surface area contributed by atoms with Crippen LogP contribution in [0.25, 0.3) is 0 Å². The van der Waals surface area contributed by atoms with Gasteiger partial charge in [0.2, 0.25) is 0 Å². The molecule has 0 fully saturated rings. The first-order valence-electron chi connectivity index (χ1n) is 10.2. The summed E-state index contributed by atoms with van der Waals surface area (Å²) >= 11 is 0. The Morgan fingerprint density at radius 2 is 1.40 bits per heavy atom. The largest absolute Gasteiger partial charge is 0.455 e. The van der Waals surface area contributed by atoms with Crippen molar-refractivity contribution in [3.05, 3.63) is 71.8 Å². The SMILES string of the molecule is CC(C)N(C(=O)COC(=O)C[C@H](NC(=O)c1ccccc1)c1ccccc1)C(C)C. The fourth-order valence-electron chi connectivity index (χ4n) is 3.38. The summed E-state index contributed by atoms with van der Waals surface area (Å²) in [4.78, 5) is 39.2. The molecule has 0 aliphatic rings. The van der Waals surface area contributed by atoms with Crippen LogP contribution in [-0.4, -0.2) is 41.4 Å². The number of esters is 1. The summed E-state index contributed by atoms with van der Waals surface area (Å²) < 4.78 is 5.24. The molecule has 0 spiro atoms. The molecule has 0 bridgehead atoms. The van der Waals surface area contributed by atoms with E-state index in [1.807, 2.05) is 64.1 Å². The molecule has 0 saturated heterocycles. The first-order chi connectivity index (χ1) is 14.3. The maximum Gasteiger partial charge on any atom is 0.308 e. The van der Waals surface area contributed by atoms with Crippen LogP contribution in [0.15, 0.2) is 60.7 Å². The molecule has 1 N–H and O–H groups in total. The minimum absolute atomic E-state index is 0.0124. The third kappa shape index (κ3) is 6.72. The molecule has 30 heavy (non-hydrogen) atoms. The number of hydrogen-bond acceptors (Lipinski definition) is 4. The molecule has 160 valence electrons. The van der Waals surface area contributed by atoms with Crippen molar-refractivity contribution >= 4 is 17.8 Å². The summed E-state index contributed by atoms with van der Waals surface area (Å²) in [6.07, 6.45) is -0.0702. The van der Waals surface area contributed by atoms with Crippen LogP contribution >= 0.6 is 0 Å². The molecule has 2 rings (SSSR count). The number of nitrogens with zero attached hydrogens (tertiary/aromatic N) is 1. The lowest BCUT2D eigenvalue weighted by Crippen LogP contribution is -2.44. The Kier molecular flexibility index (Phi) is 8.59. The maximum atomic E-state index is 12.6. The molecule has 2 aromatic rings. The molecule has 0 saturated carbocycles. The van der Waals surface area contributed by atoms with E-state index in [0.717, 1.165) is 5.56 Å². The van der Waals surface area contributed by atoms with Crippen molar-refractivity contribution in [1.82, 2.24) is 10.2 Å². The molecule has 2 amide bonds. The third-order valence-electron chi connectivity index (χ3n) is 4.67. The molecule has 0 aliphatic heterocycles. The predicted octanol–water partition coefficient (Wildman–Crippen LogP) is 3.74. The van der Waals surface area contributed by atoms with E-state index in [4.69, 9.17) is 4.74 Å². The van der Waals surface area contributed by atoms with Crippen molar-refractivity contribution in [2.75, 3.05) is 6.61 Å². The van der Waals surface area contributed by atoms with Crippen LogP contribution in [0.1, 0.15) is 56.1 Å². The smallest absolute Gasteiger partial charge is 0.308 e. The Balaban J connectivity index is 2.04. The lowest BCUT2D eigenvalue weighted by atomic mass is 10.0. The second-order valence-corrected chi connectivity index (χ2v) is 7.66. The molecule has 6 nitrogen and oxygen atoms in total.